The van der Waals surface area contributed by atoms with Crippen LogP contribution in [0.4, 0.5) is 9.18 Å². The summed E-state index contributed by atoms with van der Waals surface area (Å²) >= 11 is 0. The maximum absolute atomic E-state index is 14.0. The standard InChI is InChI=1S/C21H33FN2O4/c1-20(2,3)27-18(25)15-9-10-17(22)16(13-15)14-23-11-7-8-12-24-19(26)28-21(4,5)6/h9-10,13,23H,7-8,11-12,14H2,1-6H3,(H,24,26). The molecular weight excluding hydrogens is 363 g/mol. The molecule has 158 valence electrons. The third-order valence-corrected chi connectivity index (χ3v) is 3.44. The summed E-state index contributed by atoms with van der Waals surface area (Å²) in [6.45, 7) is 12.3. The summed E-state index contributed by atoms with van der Waals surface area (Å²) in [6, 6.07) is 4.22. The molecule has 0 aliphatic carbocycles. The maximum Gasteiger partial charge on any atom is 0.407 e. The highest BCUT2D eigenvalue weighted by molar-refractivity contribution is 5.89. The van der Waals surface area contributed by atoms with Crippen LogP contribution in [0.3, 0.4) is 0 Å². The third kappa shape index (κ3) is 10.3. The van der Waals surface area contributed by atoms with Crippen LogP contribution in [0.15, 0.2) is 18.2 Å². The molecule has 0 bridgehead atoms. The van der Waals surface area contributed by atoms with Gasteiger partial charge in [0, 0.05) is 18.7 Å². The average Bonchev–Trinajstić information content (AvgIpc) is 2.52. The van der Waals surface area contributed by atoms with Crippen LogP contribution in [-0.4, -0.2) is 36.4 Å². The summed E-state index contributed by atoms with van der Waals surface area (Å²) in [7, 11) is 0. The summed E-state index contributed by atoms with van der Waals surface area (Å²) in [6.07, 6.45) is 1.15. The molecule has 0 aromatic heterocycles. The van der Waals surface area contributed by atoms with Gasteiger partial charge in [0.1, 0.15) is 17.0 Å². The van der Waals surface area contributed by atoms with Gasteiger partial charge in [-0.25, -0.2) is 14.0 Å². The molecule has 0 unspecified atom stereocenters. The molecule has 0 radical (unpaired) electrons. The fourth-order valence-electron chi connectivity index (χ4n) is 2.28. The van der Waals surface area contributed by atoms with Gasteiger partial charge in [-0.3, -0.25) is 0 Å². The summed E-state index contributed by atoms with van der Waals surface area (Å²) in [5.74, 6) is -0.839. The lowest BCUT2D eigenvalue weighted by Crippen LogP contribution is -2.33. The number of carbonyl (C=O) groups is 2. The Morgan fingerprint density at radius 2 is 1.57 bits per heavy atom. The number of alkyl carbamates (subject to hydrolysis) is 1. The van der Waals surface area contributed by atoms with Crippen LogP contribution in [0.1, 0.15) is 70.3 Å². The van der Waals surface area contributed by atoms with E-state index in [1.54, 1.807) is 20.8 Å². The number of benzene rings is 1. The zero-order chi connectivity index (χ0) is 21.4. The first kappa shape index (κ1) is 23.9. The van der Waals surface area contributed by atoms with Gasteiger partial charge in [-0.1, -0.05) is 0 Å². The van der Waals surface area contributed by atoms with Gasteiger partial charge in [-0.05, 0) is 79.1 Å². The predicted molar refractivity (Wildman–Crippen MR) is 107 cm³/mol. The normalized spacial score (nSPS) is 11.8. The number of amides is 1. The van der Waals surface area contributed by atoms with Crippen LogP contribution in [0.5, 0.6) is 0 Å². The van der Waals surface area contributed by atoms with E-state index in [2.05, 4.69) is 10.6 Å². The minimum Gasteiger partial charge on any atom is -0.456 e. The van der Waals surface area contributed by atoms with Gasteiger partial charge in [0.2, 0.25) is 0 Å². The van der Waals surface area contributed by atoms with Gasteiger partial charge in [-0.2, -0.15) is 0 Å². The van der Waals surface area contributed by atoms with Crippen molar-refractivity contribution in [3.8, 4) is 0 Å². The van der Waals surface area contributed by atoms with Crippen molar-refractivity contribution >= 4 is 12.1 Å². The van der Waals surface area contributed by atoms with E-state index in [4.69, 9.17) is 9.47 Å². The molecule has 0 spiro atoms. The minimum absolute atomic E-state index is 0.308. The monoisotopic (exact) mass is 396 g/mol. The molecule has 7 heteroatoms. The van der Waals surface area contributed by atoms with Crippen molar-refractivity contribution in [2.75, 3.05) is 13.1 Å². The van der Waals surface area contributed by atoms with Gasteiger partial charge < -0.3 is 20.1 Å². The Morgan fingerprint density at radius 3 is 2.18 bits per heavy atom. The van der Waals surface area contributed by atoms with E-state index in [0.717, 1.165) is 12.8 Å². The number of unbranched alkanes of at least 4 members (excludes halogenated alkanes) is 1. The molecule has 0 atom stereocenters. The largest absolute Gasteiger partial charge is 0.456 e. The van der Waals surface area contributed by atoms with Crippen LogP contribution in [0.25, 0.3) is 0 Å². The van der Waals surface area contributed by atoms with E-state index >= 15 is 0 Å². The molecule has 1 rings (SSSR count). The van der Waals surface area contributed by atoms with E-state index in [9.17, 15) is 14.0 Å². The van der Waals surface area contributed by atoms with Crippen LogP contribution in [-0.2, 0) is 16.0 Å². The van der Waals surface area contributed by atoms with Crippen molar-refractivity contribution in [2.24, 2.45) is 0 Å². The van der Waals surface area contributed by atoms with Crippen LogP contribution >= 0.6 is 0 Å². The van der Waals surface area contributed by atoms with Crippen molar-refractivity contribution in [2.45, 2.75) is 72.1 Å². The Balaban J connectivity index is 2.34. The Bertz CT molecular complexity index is 663. The van der Waals surface area contributed by atoms with Crippen molar-refractivity contribution in [3.05, 3.63) is 35.1 Å². The number of hydrogen-bond donors (Lipinski definition) is 2. The lowest BCUT2D eigenvalue weighted by Gasteiger charge is -2.20. The van der Waals surface area contributed by atoms with E-state index in [1.807, 2.05) is 20.8 Å². The Labute approximate surface area is 167 Å². The van der Waals surface area contributed by atoms with E-state index in [0.29, 0.717) is 30.8 Å². The van der Waals surface area contributed by atoms with Gasteiger partial charge in [0.25, 0.3) is 0 Å². The fraction of sp³-hybridized carbons (Fsp3) is 0.619. The molecule has 0 aliphatic rings. The highest BCUT2D eigenvalue weighted by Crippen LogP contribution is 2.15. The topological polar surface area (TPSA) is 76.7 Å². The zero-order valence-corrected chi connectivity index (χ0v) is 17.8. The van der Waals surface area contributed by atoms with Gasteiger partial charge in [0.05, 0.1) is 5.56 Å². The second kappa shape index (κ2) is 10.4. The molecule has 0 heterocycles. The fourth-order valence-corrected chi connectivity index (χ4v) is 2.28. The molecule has 1 aromatic carbocycles. The lowest BCUT2D eigenvalue weighted by molar-refractivity contribution is 0.00690. The molecule has 0 saturated carbocycles. The molecule has 1 aromatic rings. The summed E-state index contributed by atoms with van der Waals surface area (Å²) in [5.41, 5.74) is -0.370. The zero-order valence-electron chi connectivity index (χ0n) is 17.8. The predicted octanol–water partition coefficient (Wildman–Crippen LogP) is 4.18. The van der Waals surface area contributed by atoms with Crippen molar-refractivity contribution in [1.82, 2.24) is 10.6 Å². The van der Waals surface area contributed by atoms with Crippen molar-refractivity contribution in [3.63, 3.8) is 0 Å². The molecule has 28 heavy (non-hydrogen) atoms. The average molecular weight is 397 g/mol. The summed E-state index contributed by atoms with van der Waals surface area (Å²) < 4.78 is 24.4. The highest BCUT2D eigenvalue weighted by atomic mass is 19.1. The molecular formula is C21H33FN2O4. The number of esters is 1. The molecule has 1 amide bonds. The smallest absolute Gasteiger partial charge is 0.407 e. The van der Waals surface area contributed by atoms with Crippen LogP contribution in [0, 0.1) is 5.82 Å². The number of ether oxygens (including phenoxy) is 2. The number of rotatable bonds is 8. The van der Waals surface area contributed by atoms with Gasteiger partial charge in [0.15, 0.2) is 0 Å². The number of nitrogens with one attached hydrogen (secondary N) is 2. The Kier molecular flexibility index (Phi) is 8.88. The van der Waals surface area contributed by atoms with Crippen LogP contribution < -0.4 is 10.6 Å². The second-order valence-corrected chi connectivity index (χ2v) is 8.62. The maximum atomic E-state index is 14.0. The van der Waals surface area contributed by atoms with E-state index in [-0.39, 0.29) is 5.82 Å². The first-order chi connectivity index (χ1) is 12.9. The van der Waals surface area contributed by atoms with Crippen molar-refractivity contribution in [1.29, 1.82) is 0 Å². The number of carbonyl (C=O) groups excluding carboxylic acids is 2. The Morgan fingerprint density at radius 1 is 0.964 bits per heavy atom. The summed E-state index contributed by atoms with van der Waals surface area (Å²) in [4.78, 5) is 23.6. The van der Waals surface area contributed by atoms with E-state index in [1.165, 1.54) is 18.2 Å². The molecule has 0 aliphatic heterocycles. The molecule has 0 fully saturated rings. The highest BCUT2D eigenvalue weighted by Gasteiger charge is 2.19. The second-order valence-electron chi connectivity index (χ2n) is 8.62. The van der Waals surface area contributed by atoms with Gasteiger partial charge in [-0.15, -0.1) is 0 Å². The number of halogens is 1. The Hall–Kier alpha value is -2.15. The third-order valence-electron chi connectivity index (χ3n) is 3.44. The first-order valence-electron chi connectivity index (χ1n) is 9.57. The molecule has 0 saturated heterocycles. The molecule has 2 N–H and O–H groups in total. The first-order valence-corrected chi connectivity index (χ1v) is 9.57. The summed E-state index contributed by atoms with van der Waals surface area (Å²) in [5, 5.41) is 5.84. The van der Waals surface area contributed by atoms with Gasteiger partial charge >= 0.3 is 12.1 Å². The lowest BCUT2D eigenvalue weighted by atomic mass is 10.1. The van der Waals surface area contributed by atoms with Crippen molar-refractivity contribution < 1.29 is 23.5 Å². The quantitative estimate of drug-likeness (QED) is 0.509. The SMILES string of the molecule is CC(C)(C)OC(=O)NCCCCNCc1cc(C(=O)OC(C)(C)C)ccc1F. The van der Waals surface area contributed by atoms with Crippen LogP contribution in [0.2, 0.25) is 0 Å². The minimum atomic E-state index is -0.600. The van der Waals surface area contributed by atoms with E-state index < -0.39 is 23.3 Å². The number of hydrogen-bond acceptors (Lipinski definition) is 5. The molecule has 6 nitrogen and oxygen atoms in total.